The largest absolute Gasteiger partial charge is 0.247 e. The first kappa shape index (κ1) is 36.6. The minimum absolute atomic E-state index is 0.129. The summed E-state index contributed by atoms with van der Waals surface area (Å²) in [5.41, 5.74) is 25.1. The summed E-state index contributed by atoms with van der Waals surface area (Å²) in [6.07, 6.45) is 0. The second kappa shape index (κ2) is 13.9. The Labute approximate surface area is 338 Å². The van der Waals surface area contributed by atoms with Crippen LogP contribution in [0.5, 0.6) is 0 Å². The molecule has 0 fully saturated rings. The lowest BCUT2D eigenvalue weighted by molar-refractivity contribution is 1.27. The first-order valence-electron chi connectivity index (χ1n) is 20.4. The van der Waals surface area contributed by atoms with Gasteiger partial charge in [0.15, 0.2) is 0 Å². The average Bonchev–Trinajstić information content (AvgIpc) is 3.18. The number of nitrogens with zero attached hydrogens (tertiary/aromatic N) is 1. The van der Waals surface area contributed by atoms with Crippen LogP contribution in [0.25, 0.3) is 65.6 Å². The lowest BCUT2D eigenvalue weighted by Gasteiger charge is -2.30. The molecule has 278 valence electrons. The minimum atomic E-state index is 0.129. The average molecular weight is 736 g/mol. The number of hydrogen-bond donors (Lipinski definition) is 0. The van der Waals surface area contributed by atoms with Crippen LogP contribution in [0.15, 0.2) is 121 Å². The van der Waals surface area contributed by atoms with E-state index in [1.165, 1.54) is 116 Å². The summed E-state index contributed by atoms with van der Waals surface area (Å²) in [4.78, 5) is 5.18. The van der Waals surface area contributed by atoms with Gasteiger partial charge in [-0.1, -0.05) is 164 Å². The standard InChI is InChI=1S/C55H50BN/c1-31-25-33(3)52(34(4)26-31)56(53-35(5)27-32(2)28-36(53)6)54-39(9)37(7)51(38(8)40(54)10)47-24-23-46(43-18-12-13-19-44(43)47)49-30-42-29-41-17-11-16-22-50(41)57-55(42)48-21-15-14-20-45(48)49/h11-30H,1-10H3. The summed E-state index contributed by atoms with van der Waals surface area (Å²) in [7, 11) is 0. The third-order valence-corrected chi connectivity index (χ3v) is 13.0. The fraction of sp³-hybridized carbons (Fsp3) is 0.182. The molecule has 57 heavy (non-hydrogen) atoms. The molecule has 0 aliphatic carbocycles. The molecule has 0 spiro atoms. The molecule has 0 aliphatic rings. The molecule has 0 aliphatic heterocycles. The number of rotatable bonds is 5. The van der Waals surface area contributed by atoms with E-state index in [0.717, 1.165) is 21.8 Å². The molecular formula is C55H50BN. The van der Waals surface area contributed by atoms with Crippen LogP contribution in [0, 0.1) is 69.2 Å². The maximum atomic E-state index is 5.18. The van der Waals surface area contributed by atoms with E-state index >= 15 is 0 Å². The highest BCUT2D eigenvalue weighted by molar-refractivity contribution is 6.97. The van der Waals surface area contributed by atoms with Gasteiger partial charge in [-0.2, -0.15) is 0 Å². The van der Waals surface area contributed by atoms with Crippen molar-refractivity contribution >= 4 is 66.5 Å². The number of benzene rings is 8. The number of aromatic nitrogens is 1. The second-order valence-corrected chi connectivity index (χ2v) is 16.8. The van der Waals surface area contributed by atoms with Gasteiger partial charge in [-0.25, -0.2) is 4.98 Å². The van der Waals surface area contributed by atoms with Crippen LogP contribution < -0.4 is 16.4 Å². The van der Waals surface area contributed by atoms with Crippen LogP contribution in [-0.4, -0.2) is 11.7 Å². The molecule has 0 amide bonds. The molecule has 0 radical (unpaired) electrons. The van der Waals surface area contributed by atoms with Crippen molar-refractivity contribution in [2.75, 3.05) is 0 Å². The Balaban J connectivity index is 1.29. The number of fused-ring (bicyclic) bond motifs is 5. The number of hydrogen-bond acceptors (Lipinski definition) is 1. The molecular weight excluding hydrogens is 685 g/mol. The van der Waals surface area contributed by atoms with E-state index < -0.39 is 0 Å². The third kappa shape index (κ3) is 5.88. The molecule has 0 bridgehead atoms. The zero-order valence-electron chi connectivity index (χ0n) is 35.1. The van der Waals surface area contributed by atoms with Crippen molar-refractivity contribution in [2.24, 2.45) is 0 Å². The van der Waals surface area contributed by atoms with Gasteiger partial charge >= 0.3 is 0 Å². The summed E-state index contributed by atoms with van der Waals surface area (Å²) < 4.78 is 0. The van der Waals surface area contributed by atoms with Crippen molar-refractivity contribution in [2.45, 2.75) is 69.2 Å². The normalized spacial score (nSPS) is 11.7. The summed E-state index contributed by atoms with van der Waals surface area (Å²) in [6, 6.07) is 45.2. The monoisotopic (exact) mass is 735 g/mol. The Morgan fingerprint density at radius 3 is 1.39 bits per heavy atom. The fourth-order valence-corrected chi connectivity index (χ4v) is 10.5. The molecule has 0 atom stereocenters. The molecule has 0 saturated heterocycles. The molecule has 1 aromatic heterocycles. The van der Waals surface area contributed by atoms with E-state index in [1.54, 1.807) is 0 Å². The molecule has 9 aromatic rings. The first-order valence-corrected chi connectivity index (χ1v) is 20.4. The van der Waals surface area contributed by atoms with Gasteiger partial charge < -0.3 is 0 Å². The number of pyridine rings is 1. The van der Waals surface area contributed by atoms with E-state index in [0.29, 0.717) is 0 Å². The van der Waals surface area contributed by atoms with E-state index in [2.05, 4.69) is 191 Å². The van der Waals surface area contributed by atoms with Crippen molar-refractivity contribution < 1.29 is 0 Å². The van der Waals surface area contributed by atoms with Crippen molar-refractivity contribution in [3.63, 3.8) is 0 Å². The SMILES string of the molecule is Cc1cc(C)c(B(c2c(C)cc(C)cc2C)c2c(C)c(C)c(-c3ccc(-c4cc5cc6ccccc6nc5c5ccccc45)c4ccccc34)c(C)c2C)c(C)c1. The van der Waals surface area contributed by atoms with Gasteiger partial charge in [0.05, 0.1) is 11.0 Å². The minimum Gasteiger partial charge on any atom is -0.247 e. The van der Waals surface area contributed by atoms with Gasteiger partial charge in [0.2, 0.25) is 6.71 Å². The lowest BCUT2D eigenvalue weighted by atomic mass is 9.32. The Bertz CT molecular complexity index is 3000. The predicted molar refractivity (Wildman–Crippen MR) is 250 cm³/mol. The molecule has 2 heteroatoms. The van der Waals surface area contributed by atoms with Gasteiger partial charge in [-0.3, -0.25) is 0 Å². The Morgan fingerprint density at radius 1 is 0.368 bits per heavy atom. The van der Waals surface area contributed by atoms with Crippen molar-refractivity contribution in [3.05, 3.63) is 177 Å². The smallest absolute Gasteiger partial charge is 0.243 e. The van der Waals surface area contributed by atoms with Crippen LogP contribution >= 0.6 is 0 Å². The zero-order valence-corrected chi connectivity index (χ0v) is 35.1. The highest BCUT2D eigenvalue weighted by atomic mass is 14.7. The van der Waals surface area contributed by atoms with Gasteiger partial charge in [-0.15, -0.1) is 0 Å². The molecule has 1 heterocycles. The highest BCUT2D eigenvalue weighted by Gasteiger charge is 2.33. The second-order valence-electron chi connectivity index (χ2n) is 16.8. The van der Waals surface area contributed by atoms with Crippen LogP contribution in [0.3, 0.4) is 0 Å². The molecule has 0 saturated carbocycles. The van der Waals surface area contributed by atoms with E-state index in [-0.39, 0.29) is 6.71 Å². The van der Waals surface area contributed by atoms with Crippen LogP contribution in [0.4, 0.5) is 0 Å². The van der Waals surface area contributed by atoms with Crippen molar-refractivity contribution in [1.82, 2.24) is 4.98 Å². The molecule has 8 aromatic carbocycles. The van der Waals surface area contributed by atoms with E-state index in [1.807, 2.05) is 0 Å². The molecule has 1 nitrogen and oxygen atoms in total. The Hall–Kier alpha value is -5.99. The first-order chi connectivity index (χ1) is 27.4. The van der Waals surface area contributed by atoms with Gasteiger partial charge in [0.25, 0.3) is 0 Å². The Kier molecular flexibility index (Phi) is 8.93. The Morgan fingerprint density at radius 2 is 0.825 bits per heavy atom. The summed E-state index contributed by atoms with van der Waals surface area (Å²) >= 11 is 0. The third-order valence-electron chi connectivity index (χ3n) is 13.0. The van der Waals surface area contributed by atoms with Gasteiger partial charge in [0, 0.05) is 16.2 Å². The maximum Gasteiger partial charge on any atom is 0.243 e. The van der Waals surface area contributed by atoms with Crippen LogP contribution in [-0.2, 0) is 0 Å². The van der Waals surface area contributed by atoms with Crippen LogP contribution in [0.1, 0.15) is 55.6 Å². The van der Waals surface area contributed by atoms with Crippen molar-refractivity contribution in [1.29, 1.82) is 0 Å². The van der Waals surface area contributed by atoms with Crippen molar-refractivity contribution in [3.8, 4) is 22.3 Å². The lowest BCUT2D eigenvalue weighted by Crippen LogP contribution is -2.57. The molecule has 0 N–H and O–H groups in total. The quantitative estimate of drug-likeness (QED) is 0.0974. The van der Waals surface area contributed by atoms with Crippen LogP contribution in [0.2, 0.25) is 0 Å². The highest BCUT2D eigenvalue weighted by Crippen LogP contribution is 2.43. The van der Waals surface area contributed by atoms with Gasteiger partial charge in [-0.05, 0) is 137 Å². The summed E-state index contributed by atoms with van der Waals surface area (Å²) in [5.74, 6) is 0. The molecule has 9 rings (SSSR count). The number of aryl methyl sites for hydroxylation is 6. The number of para-hydroxylation sites is 1. The maximum absolute atomic E-state index is 5.18. The predicted octanol–water partition coefficient (Wildman–Crippen LogP) is 12.6. The van der Waals surface area contributed by atoms with E-state index in [4.69, 9.17) is 4.98 Å². The zero-order chi connectivity index (χ0) is 39.9. The topological polar surface area (TPSA) is 12.9 Å². The van der Waals surface area contributed by atoms with Gasteiger partial charge in [0.1, 0.15) is 0 Å². The van der Waals surface area contributed by atoms with E-state index in [9.17, 15) is 0 Å². The summed E-state index contributed by atoms with van der Waals surface area (Å²) in [5, 5.41) is 7.28. The molecule has 0 unspecified atom stereocenters. The fourth-order valence-electron chi connectivity index (χ4n) is 10.5. The summed E-state index contributed by atoms with van der Waals surface area (Å²) in [6.45, 7) is 23.3.